The number of hydrogen-bond acceptors (Lipinski definition) is 10. The van der Waals surface area contributed by atoms with Crippen molar-refractivity contribution in [1.29, 1.82) is 0 Å². The monoisotopic (exact) mass is 872 g/mol. The standard InChI is InChI=1S/C40H35F11N6O4/c1-2-23-25(41)8-7-19-13-22(58)14-24(28(19)23)31-30(42)32-29-33(56-15-20-5-3-6-26(52-20)27(56)17-59-34(29)53-31)55-35(54-32)60-18-36-10-4-12-57(36)21(9-11-36)16-61-37(38(43,44)45,39(46,47)48)40(49,50)51/h1,7-8,13-14,20-21,26-27,52,58H,3-6,9-12,15-18H2/t20-,21+,26+,27-,36+/m1/s1. The number of pyridine rings is 1. The first-order chi connectivity index (χ1) is 28.8. The molecule has 5 aliphatic rings. The van der Waals surface area contributed by atoms with E-state index in [9.17, 15) is 44.6 Å². The van der Waals surface area contributed by atoms with Crippen molar-refractivity contribution in [2.75, 3.05) is 37.8 Å². The summed E-state index contributed by atoms with van der Waals surface area (Å²) in [6, 6.07) is 2.97. The molecule has 0 amide bonds. The van der Waals surface area contributed by atoms with E-state index >= 15 is 8.78 Å². The summed E-state index contributed by atoms with van der Waals surface area (Å²) < 4.78 is 172. The van der Waals surface area contributed by atoms with Gasteiger partial charge >= 0.3 is 30.1 Å². The van der Waals surface area contributed by atoms with Crippen molar-refractivity contribution >= 4 is 27.5 Å². The highest BCUT2D eigenvalue weighted by Gasteiger charge is 2.85. The zero-order valence-corrected chi connectivity index (χ0v) is 31.7. The number of aromatic hydroxyl groups is 1. The van der Waals surface area contributed by atoms with Crippen LogP contribution >= 0.6 is 0 Å². The molecule has 0 spiro atoms. The van der Waals surface area contributed by atoms with Crippen LogP contribution in [0.1, 0.15) is 50.5 Å². The number of fused-ring (bicyclic) bond motifs is 7. The third kappa shape index (κ3) is 6.45. The molecule has 0 radical (unpaired) electrons. The molecule has 2 N–H and O–H groups in total. The van der Waals surface area contributed by atoms with Gasteiger partial charge in [0.25, 0.3) is 0 Å². The quantitative estimate of drug-likeness (QED) is 0.142. The van der Waals surface area contributed by atoms with E-state index in [1.165, 1.54) is 23.1 Å². The summed E-state index contributed by atoms with van der Waals surface area (Å²) in [6.45, 7) is -1.25. The van der Waals surface area contributed by atoms with Crippen LogP contribution in [0.3, 0.4) is 0 Å². The van der Waals surface area contributed by atoms with Gasteiger partial charge in [-0.3, -0.25) is 4.90 Å². The van der Waals surface area contributed by atoms with E-state index in [0.717, 1.165) is 25.3 Å². The Morgan fingerprint density at radius 3 is 2.41 bits per heavy atom. The smallest absolute Gasteiger partial charge is 0.435 e. The summed E-state index contributed by atoms with van der Waals surface area (Å²) >= 11 is 0. The normalized spacial score (nSPS) is 25.6. The fourth-order valence-corrected chi connectivity index (χ4v) is 10.1. The maximum absolute atomic E-state index is 17.3. The van der Waals surface area contributed by atoms with Crippen LogP contribution in [0.5, 0.6) is 17.6 Å². The van der Waals surface area contributed by atoms with E-state index in [0.29, 0.717) is 19.4 Å². The number of halogens is 11. The van der Waals surface area contributed by atoms with E-state index in [-0.39, 0.29) is 107 Å². The molecule has 4 aromatic rings. The Kier molecular flexibility index (Phi) is 9.71. The summed E-state index contributed by atoms with van der Waals surface area (Å²) in [4.78, 5) is 17.2. The molecule has 2 bridgehead atoms. The van der Waals surface area contributed by atoms with Gasteiger partial charge < -0.3 is 29.5 Å². The van der Waals surface area contributed by atoms with Crippen molar-refractivity contribution < 1.29 is 67.6 Å². The number of phenolic OH excluding ortho intramolecular Hbond substituents is 1. The average Bonchev–Trinajstić information content (AvgIpc) is 3.70. The molecule has 4 fully saturated rings. The summed E-state index contributed by atoms with van der Waals surface area (Å²) in [7, 11) is 0. The minimum atomic E-state index is -6.87. The van der Waals surface area contributed by atoms with Gasteiger partial charge in [-0.25, -0.2) is 13.8 Å². The molecule has 2 aromatic carbocycles. The SMILES string of the molecule is C#Cc1c(F)ccc2cc(O)cc(-c3nc4c5c(nc(OC[C@@]67CCCN6[C@H](COC(C(F)(F)F)(C(F)(F)F)C(F)(F)F)CC7)nc5c3F)N3C[C@H]5CCC[C@H](N5)[C@H]3CO4)c12. The van der Waals surface area contributed by atoms with Gasteiger partial charge in [0.1, 0.15) is 47.2 Å². The largest absolute Gasteiger partial charge is 0.508 e. The van der Waals surface area contributed by atoms with Gasteiger partial charge in [0.2, 0.25) is 5.88 Å². The second-order valence-electron chi connectivity index (χ2n) is 16.2. The molecular weight excluding hydrogens is 837 g/mol. The van der Waals surface area contributed by atoms with Crippen molar-refractivity contribution in [2.45, 2.75) is 98.8 Å². The predicted molar refractivity (Wildman–Crippen MR) is 195 cm³/mol. The Morgan fingerprint density at radius 2 is 1.69 bits per heavy atom. The van der Waals surface area contributed by atoms with E-state index in [1.54, 1.807) is 0 Å². The number of piperidine rings is 1. The third-order valence-electron chi connectivity index (χ3n) is 12.8. The van der Waals surface area contributed by atoms with Crippen LogP contribution in [0.4, 0.5) is 54.1 Å². The second-order valence-corrected chi connectivity index (χ2v) is 16.2. The van der Waals surface area contributed by atoms with Crippen molar-refractivity contribution in [1.82, 2.24) is 25.2 Å². The van der Waals surface area contributed by atoms with E-state index in [4.69, 9.17) is 20.9 Å². The van der Waals surface area contributed by atoms with E-state index in [2.05, 4.69) is 25.9 Å². The number of anilines is 1. The fourth-order valence-electron chi connectivity index (χ4n) is 10.1. The minimum absolute atomic E-state index is 0.0353. The van der Waals surface area contributed by atoms with Crippen LogP contribution in [0.2, 0.25) is 0 Å². The molecule has 9 rings (SSSR count). The fraction of sp³-hybridized carbons (Fsp3) is 0.525. The van der Waals surface area contributed by atoms with Gasteiger partial charge in [-0.2, -0.15) is 49.5 Å². The Balaban J connectivity index is 1.11. The van der Waals surface area contributed by atoms with Crippen molar-refractivity contribution in [3.8, 4) is 41.2 Å². The average molecular weight is 873 g/mol. The maximum Gasteiger partial charge on any atom is 0.435 e. The number of nitrogens with zero attached hydrogens (tertiary/aromatic N) is 5. The lowest BCUT2D eigenvalue weighted by Gasteiger charge is -2.48. The Bertz CT molecular complexity index is 2420. The topological polar surface area (TPSA) is 105 Å². The molecule has 0 saturated carbocycles. The number of rotatable bonds is 7. The van der Waals surface area contributed by atoms with Crippen LogP contribution in [0.25, 0.3) is 32.9 Å². The van der Waals surface area contributed by atoms with E-state index < -0.39 is 59.6 Å². The molecule has 5 aliphatic heterocycles. The Hall–Kier alpha value is -4.94. The second kappa shape index (κ2) is 14.3. The molecule has 326 valence electrons. The van der Waals surface area contributed by atoms with Gasteiger partial charge in [0, 0.05) is 35.6 Å². The van der Waals surface area contributed by atoms with Crippen LogP contribution in [-0.4, -0.2) is 112 Å². The van der Waals surface area contributed by atoms with Gasteiger partial charge in [-0.05, 0) is 68.7 Å². The first-order valence-electron chi connectivity index (χ1n) is 19.5. The maximum atomic E-state index is 17.3. The molecule has 0 unspecified atom stereocenters. The summed E-state index contributed by atoms with van der Waals surface area (Å²) in [5.74, 6) is 0.301. The van der Waals surface area contributed by atoms with Crippen LogP contribution in [0.15, 0.2) is 24.3 Å². The number of ether oxygens (including phenoxy) is 3. The van der Waals surface area contributed by atoms with E-state index in [1.807, 2.05) is 4.90 Å². The highest BCUT2D eigenvalue weighted by atomic mass is 19.4. The highest BCUT2D eigenvalue weighted by Crippen LogP contribution is 2.56. The first-order valence-corrected chi connectivity index (χ1v) is 19.5. The number of aromatic nitrogens is 3. The lowest BCUT2D eigenvalue weighted by atomic mass is 9.88. The molecule has 21 heteroatoms. The lowest BCUT2D eigenvalue weighted by molar-refractivity contribution is -0.458. The van der Waals surface area contributed by atoms with Crippen molar-refractivity contribution in [2.24, 2.45) is 0 Å². The number of phenols is 1. The summed E-state index contributed by atoms with van der Waals surface area (Å²) in [5.41, 5.74) is -8.52. The van der Waals surface area contributed by atoms with Gasteiger partial charge in [-0.1, -0.05) is 18.4 Å². The molecule has 2 aromatic heterocycles. The first kappa shape index (κ1) is 41.4. The molecule has 5 atom stereocenters. The minimum Gasteiger partial charge on any atom is -0.508 e. The zero-order chi connectivity index (χ0) is 43.4. The number of nitrogens with one attached hydrogen (secondary N) is 1. The number of benzene rings is 2. The Morgan fingerprint density at radius 1 is 0.934 bits per heavy atom. The molecule has 4 saturated heterocycles. The Labute approximate surface area is 339 Å². The molecular formula is C40H35F11N6O4. The van der Waals surface area contributed by atoms with Gasteiger partial charge in [0.15, 0.2) is 5.82 Å². The highest BCUT2D eigenvalue weighted by molar-refractivity contribution is 6.04. The molecule has 61 heavy (non-hydrogen) atoms. The van der Waals surface area contributed by atoms with Crippen molar-refractivity contribution in [3.63, 3.8) is 0 Å². The van der Waals surface area contributed by atoms with Crippen molar-refractivity contribution in [3.05, 3.63) is 41.5 Å². The van der Waals surface area contributed by atoms with Crippen LogP contribution in [-0.2, 0) is 4.74 Å². The molecule has 0 aliphatic carbocycles. The number of hydrogen-bond donors (Lipinski definition) is 2. The van der Waals surface area contributed by atoms with Crippen LogP contribution in [0, 0.1) is 24.0 Å². The lowest BCUT2D eigenvalue weighted by Crippen LogP contribution is -2.68. The summed E-state index contributed by atoms with van der Waals surface area (Å²) in [6.07, 6.45) is -11.7. The zero-order valence-electron chi connectivity index (χ0n) is 31.7. The number of piperazine rings is 1. The predicted octanol–water partition coefficient (Wildman–Crippen LogP) is 7.72. The number of alkyl halides is 9. The molecule has 10 nitrogen and oxygen atoms in total. The number of terminal acetylenes is 1. The molecule has 7 heterocycles. The summed E-state index contributed by atoms with van der Waals surface area (Å²) in [5, 5.41) is 14.8. The van der Waals surface area contributed by atoms with Gasteiger partial charge in [0.05, 0.1) is 23.8 Å². The third-order valence-corrected chi connectivity index (χ3v) is 12.8. The van der Waals surface area contributed by atoms with Gasteiger partial charge in [-0.15, -0.1) is 6.42 Å². The van der Waals surface area contributed by atoms with Crippen LogP contribution < -0.4 is 19.7 Å².